The maximum atomic E-state index is 14.3. The van der Waals surface area contributed by atoms with Gasteiger partial charge in [0.25, 0.3) is 0 Å². The van der Waals surface area contributed by atoms with E-state index in [-0.39, 0.29) is 28.7 Å². The molecule has 0 unspecified atom stereocenters. The largest absolute Gasteiger partial charge is 0.326 e. The van der Waals surface area contributed by atoms with Crippen molar-refractivity contribution in [1.29, 1.82) is 0 Å². The van der Waals surface area contributed by atoms with Crippen molar-refractivity contribution in [2.45, 2.75) is 32.6 Å². The van der Waals surface area contributed by atoms with E-state index in [1.54, 1.807) is 24.3 Å². The van der Waals surface area contributed by atoms with Crippen molar-refractivity contribution >= 4 is 35.0 Å². The minimum Gasteiger partial charge on any atom is -0.326 e. The number of carbonyl (C=O) groups is 2. The third-order valence-electron chi connectivity index (χ3n) is 4.23. The van der Waals surface area contributed by atoms with E-state index >= 15 is 0 Å². The van der Waals surface area contributed by atoms with E-state index in [0.717, 1.165) is 12.1 Å². The number of benzene rings is 2. The zero-order valence-corrected chi connectivity index (χ0v) is 16.8. The molecule has 0 aromatic heterocycles. The molecule has 148 valence electrons. The quantitative estimate of drug-likeness (QED) is 0.770. The molecule has 28 heavy (non-hydrogen) atoms. The van der Waals surface area contributed by atoms with Gasteiger partial charge in [-0.1, -0.05) is 39.0 Å². The van der Waals surface area contributed by atoms with Crippen LogP contribution in [0.3, 0.4) is 0 Å². The summed E-state index contributed by atoms with van der Waals surface area (Å²) in [7, 11) is 0. The lowest BCUT2D eigenvalue weighted by molar-refractivity contribution is -0.118. The Morgan fingerprint density at radius 3 is 2.61 bits per heavy atom. The van der Waals surface area contributed by atoms with E-state index in [1.807, 2.05) is 20.8 Å². The number of thioether (sulfide) groups is 1. The molecule has 0 bridgehead atoms. The minimum absolute atomic E-state index is 0.0252. The van der Waals surface area contributed by atoms with Crippen LogP contribution in [-0.2, 0) is 9.59 Å². The van der Waals surface area contributed by atoms with Crippen LogP contribution >= 0.6 is 11.8 Å². The predicted molar refractivity (Wildman–Crippen MR) is 108 cm³/mol. The molecule has 2 amide bonds. The predicted octanol–water partition coefficient (Wildman–Crippen LogP) is 5.12. The molecule has 1 atom stereocenters. The van der Waals surface area contributed by atoms with Gasteiger partial charge in [-0.2, -0.15) is 0 Å². The standard InChI is InChI=1S/C21H22F2N2O2S/c1-21(2,3)11-18(26)24-16-7-5-4-6-14(16)20-25(19(27)12-28-20)17-9-8-13(22)10-15(17)23/h4-10,20H,11-12H2,1-3H3,(H,24,26)/t20-/m1/s1. The lowest BCUT2D eigenvalue weighted by atomic mass is 9.92. The van der Waals surface area contributed by atoms with Crippen LogP contribution in [0.25, 0.3) is 0 Å². The number of nitrogens with one attached hydrogen (secondary N) is 1. The topological polar surface area (TPSA) is 49.4 Å². The lowest BCUT2D eigenvalue weighted by Crippen LogP contribution is -2.29. The highest BCUT2D eigenvalue weighted by Gasteiger charge is 2.37. The summed E-state index contributed by atoms with van der Waals surface area (Å²) < 4.78 is 27.6. The molecule has 3 rings (SSSR count). The molecule has 1 saturated heterocycles. The van der Waals surface area contributed by atoms with E-state index in [4.69, 9.17) is 0 Å². The fraction of sp³-hybridized carbons (Fsp3) is 0.333. The molecule has 0 saturated carbocycles. The summed E-state index contributed by atoms with van der Waals surface area (Å²) in [4.78, 5) is 26.2. The van der Waals surface area contributed by atoms with Crippen molar-refractivity contribution in [2.75, 3.05) is 16.0 Å². The van der Waals surface area contributed by atoms with Crippen LogP contribution in [0.4, 0.5) is 20.2 Å². The first-order valence-electron chi connectivity index (χ1n) is 8.93. The first kappa shape index (κ1) is 20.3. The number of carbonyl (C=O) groups excluding carboxylic acids is 2. The van der Waals surface area contributed by atoms with Gasteiger partial charge in [0.1, 0.15) is 17.0 Å². The van der Waals surface area contributed by atoms with E-state index in [9.17, 15) is 18.4 Å². The van der Waals surface area contributed by atoms with E-state index in [0.29, 0.717) is 17.7 Å². The van der Waals surface area contributed by atoms with Crippen LogP contribution in [0.5, 0.6) is 0 Å². The second-order valence-electron chi connectivity index (χ2n) is 7.90. The number of para-hydroxylation sites is 1. The molecule has 1 fully saturated rings. The van der Waals surface area contributed by atoms with E-state index in [1.165, 1.54) is 22.7 Å². The fourth-order valence-corrected chi connectivity index (χ4v) is 4.30. The average Bonchev–Trinajstić information content (AvgIpc) is 2.95. The highest BCUT2D eigenvalue weighted by Crippen LogP contribution is 2.45. The Labute approximate surface area is 167 Å². The Hall–Kier alpha value is -2.41. The number of amides is 2. The molecule has 0 aliphatic carbocycles. The molecule has 2 aromatic rings. The lowest BCUT2D eigenvalue weighted by Gasteiger charge is -2.27. The first-order chi connectivity index (χ1) is 13.2. The number of hydrogen-bond donors (Lipinski definition) is 1. The van der Waals surface area contributed by atoms with Gasteiger partial charge in [0.05, 0.1) is 11.4 Å². The van der Waals surface area contributed by atoms with Gasteiger partial charge in [-0.25, -0.2) is 8.78 Å². The number of hydrogen-bond acceptors (Lipinski definition) is 3. The Bertz CT molecular complexity index is 912. The summed E-state index contributed by atoms with van der Waals surface area (Å²) in [6.45, 7) is 5.93. The second kappa shape index (κ2) is 7.91. The third-order valence-corrected chi connectivity index (χ3v) is 5.42. The van der Waals surface area contributed by atoms with Crippen LogP contribution in [0.15, 0.2) is 42.5 Å². The molecule has 4 nitrogen and oxygen atoms in total. The third kappa shape index (κ3) is 4.52. The Kier molecular flexibility index (Phi) is 5.74. The zero-order valence-electron chi connectivity index (χ0n) is 16.0. The van der Waals surface area contributed by atoms with Crippen LogP contribution < -0.4 is 10.2 Å². The Morgan fingerprint density at radius 2 is 1.93 bits per heavy atom. The van der Waals surface area contributed by atoms with Gasteiger partial charge in [-0.05, 0) is 23.6 Å². The van der Waals surface area contributed by atoms with Gasteiger partial charge in [0.15, 0.2) is 0 Å². The Morgan fingerprint density at radius 1 is 1.21 bits per heavy atom. The number of halogens is 2. The van der Waals surface area contributed by atoms with Crippen molar-refractivity contribution in [2.24, 2.45) is 5.41 Å². The summed E-state index contributed by atoms with van der Waals surface area (Å²) in [6.07, 6.45) is 0.342. The van der Waals surface area contributed by atoms with Crippen LogP contribution in [0.1, 0.15) is 38.1 Å². The number of rotatable bonds is 4. The van der Waals surface area contributed by atoms with Crippen molar-refractivity contribution in [1.82, 2.24) is 0 Å². The average molecular weight is 404 g/mol. The molecule has 1 aliphatic heterocycles. The summed E-state index contributed by atoms with van der Waals surface area (Å²) in [5, 5.41) is 2.40. The number of nitrogens with zero attached hydrogens (tertiary/aromatic N) is 1. The van der Waals surface area contributed by atoms with Crippen molar-refractivity contribution in [3.05, 3.63) is 59.7 Å². The highest BCUT2D eigenvalue weighted by atomic mass is 32.2. The zero-order chi connectivity index (χ0) is 20.5. The molecule has 0 radical (unpaired) electrons. The molecule has 0 spiro atoms. The molecular formula is C21H22F2N2O2S. The van der Waals surface area contributed by atoms with Gasteiger partial charge < -0.3 is 5.32 Å². The van der Waals surface area contributed by atoms with Crippen molar-refractivity contribution in [3.63, 3.8) is 0 Å². The smallest absolute Gasteiger partial charge is 0.238 e. The summed E-state index contributed by atoms with van der Waals surface area (Å²) in [6, 6.07) is 10.3. The molecule has 1 aliphatic rings. The Balaban J connectivity index is 1.94. The number of anilines is 2. The van der Waals surface area contributed by atoms with Gasteiger partial charge in [-0.15, -0.1) is 11.8 Å². The molecule has 2 aromatic carbocycles. The van der Waals surface area contributed by atoms with Crippen LogP contribution in [0.2, 0.25) is 0 Å². The maximum absolute atomic E-state index is 14.3. The summed E-state index contributed by atoms with van der Waals surface area (Å²) in [5.41, 5.74) is 1.14. The van der Waals surface area contributed by atoms with E-state index < -0.39 is 17.0 Å². The van der Waals surface area contributed by atoms with Gasteiger partial charge >= 0.3 is 0 Å². The van der Waals surface area contributed by atoms with Gasteiger partial charge in [-0.3, -0.25) is 14.5 Å². The van der Waals surface area contributed by atoms with Crippen molar-refractivity contribution in [3.8, 4) is 0 Å². The van der Waals surface area contributed by atoms with E-state index in [2.05, 4.69) is 5.32 Å². The highest BCUT2D eigenvalue weighted by molar-refractivity contribution is 8.00. The van der Waals surface area contributed by atoms with Crippen LogP contribution in [0, 0.1) is 17.0 Å². The monoisotopic (exact) mass is 404 g/mol. The maximum Gasteiger partial charge on any atom is 0.238 e. The minimum atomic E-state index is -0.796. The first-order valence-corrected chi connectivity index (χ1v) is 9.98. The van der Waals surface area contributed by atoms with Gasteiger partial charge in [0.2, 0.25) is 11.8 Å². The fourth-order valence-electron chi connectivity index (χ4n) is 3.09. The normalized spacial score (nSPS) is 17.1. The van der Waals surface area contributed by atoms with Crippen LogP contribution in [-0.4, -0.2) is 17.6 Å². The molecule has 1 N–H and O–H groups in total. The summed E-state index contributed by atoms with van der Waals surface area (Å²) >= 11 is 1.34. The SMILES string of the molecule is CC(C)(C)CC(=O)Nc1ccccc1[C@H]1SCC(=O)N1c1ccc(F)cc1F. The van der Waals surface area contributed by atoms with Crippen molar-refractivity contribution < 1.29 is 18.4 Å². The molecule has 1 heterocycles. The van der Waals surface area contributed by atoms with Gasteiger partial charge in [0, 0.05) is 23.7 Å². The molecule has 7 heteroatoms. The second-order valence-corrected chi connectivity index (χ2v) is 8.96. The summed E-state index contributed by atoms with van der Waals surface area (Å²) in [5.74, 6) is -1.72. The molecular weight excluding hydrogens is 382 g/mol.